The zero-order chi connectivity index (χ0) is 13.8. The maximum Gasteiger partial charge on any atom is 0.142 e. The van der Waals surface area contributed by atoms with Gasteiger partial charge in [-0.3, -0.25) is 4.98 Å². The smallest absolute Gasteiger partial charge is 0.142 e. The molecule has 5 heteroatoms. The summed E-state index contributed by atoms with van der Waals surface area (Å²) in [6.07, 6.45) is 3.95. The fourth-order valence-corrected chi connectivity index (χ4v) is 2.22. The summed E-state index contributed by atoms with van der Waals surface area (Å²) in [6, 6.07) is 6.64. The van der Waals surface area contributed by atoms with E-state index < -0.39 is 5.82 Å². The van der Waals surface area contributed by atoms with Crippen molar-refractivity contribution in [3.05, 3.63) is 63.6 Å². The molecular weight excluding hydrogens is 286 g/mol. The van der Waals surface area contributed by atoms with Gasteiger partial charge < -0.3 is 5.32 Å². The van der Waals surface area contributed by atoms with Gasteiger partial charge in [0.15, 0.2) is 0 Å². The Bertz CT molecular complexity index is 575. The Hall–Kier alpha value is -1.16. The van der Waals surface area contributed by atoms with Gasteiger partial charge in [0.2, 0.25) is 0 Å². The third-order valence-corrected chi connectivity index (χ3v) is 3.62. The van der Waals surface area contributed by atoms with Crippen molar-refractivity contribution in [2.24, 2.45) is 0 Å². The molecule has 0 radical (unpaired) electrons. The van der Waals surface area contributed by atoms with E-state index >= 15 is 0 Å². The summed E-state index contributed by atoms with van der Waals surface area (Å²) in [5.41, 5.74) is 1.80. The summed E-state index contributed by atoms with van der Waals surface area (Å²) in [7, 11) is 1.83. The van der Waals surface area contributed by atoms with Gasteiger partial charge >= 0.3 is 0 Å². The van der Waals surface area contributed by atoms with Crippen molar-refractivity contribution in [3.63, 3.8) is 0 Å². The van der Waals surface area contributed by atoms with Crippen molar-refractivity contribution in [2.75, 3.05) is 7.05 Å². The molecule has 2 rings (SSSR count). The fourth-order valence-electron chi connectivity index (χ4n) is 1.91. The Morgan fingerprint density at radius 2 is 2.05 bits per heavy atom. The Balaban J connectivity index is 2.25. The first-order chi connectivity index (χ1) is 9.11. The lowest BCUT2D eigenvalue weighted by Gasteiger charge is -2.17. The number of benzene rings is 1. The highest BCUT2D eigenvalue weighted by atomic mass is 35.5. The number of hydrogen-bond acceptors (Lipinski definition) is 2. The lowest BCUT2D eigenvalue weighted by atomic mass is 9.99. The van der Waals surface area contributed by atoms with E-state index in [-0.39, 0.29) is 11.1 Å². The number of pyridine rings is 1. The minimum absolute atomic E-state index is 0.0355. The van der Waals surface area contributed by atoms with Gasteiger partial charge in [0.05, 0.1) is 10.0 Å². The van der Waals surface area contributed by atoms with Crippen LogP contribution in [0.2, 0.25) is 10.0 Å². The largest absolute Gasteiger partial charge is 0.313 e. The van der Waals surface area contributed by atoms with Crippen molar-refractivity contribution >= 4 is 23.2 Å². The third kappa shape index (κ3) is 3.44. The van der Waals surface area contributed by atoms with Crippen LogP contribution in [0.25, 0.3) is 0 Å². The normalized spacial score (nSPS) is 12.4. The van der Waals surface area contributed by atoms with Gasteiger partial charge in [-0.1, -0.05) is 29.3 Å². The molecule has 19 heavy (non-hydrogen) atoms. The van der Waals surface area contributed by atoms with Crippen molar-refractivity contribution in [2.45, 2.75) is 12.5 Å². The molecule has 1 heterocycles. The number of likely N-dealkylation sites (N-methyl/N-ethyl adjacent to an activating group) is 1. The molecule has 0 fully saturated rings. The first-order valence-corrected chi connectivity index (χ1v) is 6.58. The van der Waals surface area contributed by atoms with Crippen LogP contribution in [-0.2, 0) is 6.42 Å². The average Bonchev–Trinajstić information content (AvgIpc) is 2.41. The van der Waals surface area contributed by atoms with Gasteiger partial charge in [0, 0.05) is 18.4 Å². The summed E-state index contributed by atoms with van der Waals surface area (Å²) in [5.74, 6) is -0.416. The van der Waals surface area contributed by atoms with E-state index in [1.807, 2.05) is 19.2 Å². The molecule has 2 nitrogen and oxygen atoms in total. The number of nitrogens with one attached hydrogen (secondary N) is 1. The highest BCUT2D eigenvalue weighted by molar-refractivity contribution is 6.31. The van der Waals surface area contributed by atoms with Crippen LogP contribution < -0.4 is 5.32 Å². The van der Waals surface area contributed by atoms with E-state index in [1.165, 1.54) is 6.07 Å². The number of rotatable bonds is 4. The molecule has 0 aliphatic carbocycles. The van der Waals surface area contributed by atoms with E-state index in [9.17, 15) is 4.39 Å². The van der Waals surface area contributed by atoms with Crippen LogP contribution in [0.3, 0.4) is 0 Å². The monoisotopic (exact) mass is 298 g/mol. The molecule has 1 N–H and O–H groups in total. The minimum atomic E-state index is -0.416. The highest BCUT2D eigenvalue weighted by Gasteiger charge is 2.13. The van der Waals surface area contributed by atoms with Crippen LogP contribution in [0.5, 0.6) is 0 Å². The van der Waals surface area contributed by atoms with Gasteiger partial charge in [-0.2, -0.15) is 0 Å². The third-order valence-electron chi connectivity index (χ3n) is 2.97. The quantitative estimate of drug-likeness (QED) is 0.922. The second-order valence-electron chi connectivity index (χ2n) is 4.19. The summed E-state index contributed by atoms with van der Waals surface area (Å²) in [4.78, 5) is 3.95. The first kappa shape index (κ1) is 14.3. The Labute approximate surface area is 121 Å². The number of hydrogen-bond donors (Lipinski definition) is 1. The Morgan fingerprint density at radius 1 is 1.26 bits per heavy atom. The lowest BCUT2D eigenvalue weighted by molar-refractivity contribution is 0.577. The highest BCUT2D eigenvalue weighted by Crippen LogP contribution is 2.25. The Morgan fingerprint density at radius 3 is 2.68 bits per heavy atom. The molecule has 100 valence electrons. The molecule has 0 bridgehead atoms. The van der Waals surface area contributed by atoms with Gasteiger partial charge in [-0.25, -0.2) is 4.39 Å². The predicted molar refractivity (Wildman–Crippen MR) is 76.2 cm³/mol. The molecule has 0 aliphatic heterocycles. The lowest BCUT2D eigenvalue weighted by Crippen LogP contribution is -2.19. The zero-order valence-electron chi connectivity index (χ0n) is 10.3. The maximum atomic E-state index is 13.5. The number of aromatic nitrogens is 1. The number of nitrogens with zero attached hydrogens (tertiary/aromatic N) is 1. The topological polar surface area (TPSA) is 24.9 Å². The zero-order valence-corrected chi connectivity index (χ0v) is 11.8. The molecule has 1 atom stereocenters. The van der Waals surface area contributed by atoms with Crippen LogP contribution in [0, 0.1) is 5.82 Å². The first-order valence-electron chi connectivity index (χ1n) is 5.82. The summed E-state index contributed by atoms with van der Waals surface area (Å²) in [5, 5.41) is 3.89. The molecule has 2 aromatic rings. The average molecular weight is 299 g/mol. The summed E-state index contributed by atoms with van der Waals surface area (Å²) >= 11 is 11.8. The molecule has 1 aromatic heterocycles. The minimum Gasteiger partial charge on any atom is -0.313 e. The van der Waals surface area contributed by atoms with E-state index in [0.717, 1.165) is 11.1 Å². The van der Waals surface area contributed by atoms with Crippen molar-refractivity contribution in [1.82, 2.24) is 10.3 Å². The van der Waals surface area contributed by atoms with Crippen molar-refractivity contribution in [1.29, 1.82) is 0 Å². The van der Waals surface area contributed by atoms with Gasteiger partial charge in [0.1, 0.15) is 5.82 Å². The van der Waals surface area contributed by atoms with E-state index in [1.54, 1.807) is 18.5 Å². The molecular formula is C14H13Cl2FN2. The van der Waals surface area contributed by atoms with Crippen molar-refractivity contribution in [3.8, 4) is 0 Å². The SMILES string of the molecule is CNC(Cc1ccncc1Cl)c1ccc(Cl)c(F)c1. The van der Waals surface area contributed by atoms with Crippen molar-refractivity contribution < 1.29 is 4.39 Å². The van der Waals surface area contributed by atoms with E-state index in [2.05, 4.69) is 10.3 Å². The molecule has 0 spiro atoms. The van der Waals surface area contributed by atoms with Gasteiger partial charge in [-0.05, 0) is 42.8 Å². The van der Waals surface area contributed by atoms with E-state index in [4.69, 9.17) is 23.2 Å². The summed E-state index contributed by atoms with van der Waals surface area (Å²) in [6.45, 7) is 0. The van der Waals surface area contributed by atoms with Crippen LogP contribution >= 0.6 is 23.2 Å². The maximum absolute atomic E-state index is 13.5. The molecule has 1 unspecified atom stereocenters. The molecule has 0 aliphatic rings. The summed E-state index contributed by atoms with van der Waals surface area (Å²) < 4.78 is 13.5. The second-order valence-corrected chi connectivity index (χ2v) is 5.00. The van der Waals surface area contributed by atoms with Gasteiger partial charge in [-0.15, -0.1) is 0 Å². The second kappa shape index (κ2) is 6.33. The van der Waals surface area contributed by atoms with Crippen LogP contribution in [0.1, 0.15) is 17.2 Å². The Kier molecular flexibility index (Phi) is 4.75. The van der Waals surface area contributed by atoms with Crippen LogP contribution in [0.4, 0.5) is 4.39 Å². The predicted octanol–water partition coefficient (Wildman–Crippen LogP) is 4.03. The molecule has 0 saturated heterocycles. The number of halogens is 3. The van der Waals surface area contributed by atoms with Gasteiger partial charge in [0.25, 0.3) is 0 Å². The standard InChI is InChI=1S/C14H13Cl2FN2/c1-18-14(7-9-4-5-19-8-12(9)16)10-2-3-11(15)13(17)6-10/h2-6,8,14,18H,7H2,1H3. The molecule has 0 saturated carbocycles. The van der Waals surface area contributed by atoms with Crippen LogP contribution in [-0.4, -0.2) is 12.0 Å². The molecule has 1 aromatic carbocycles. The van der Waals surface area contributed by atoms with Crippen LogP contribution in [0.15, 0.2) is 36.7 Å². The molecule has 0 amide bonds. The van der Waals surface area contributed by atoms with E-state index in [0.29, 0.717) is 11.4 Å². The fraction of sp³-hybridized carbons (Fsp3) is 0.214.